The van der Waals surface area contributed by atoms with Crippen molar-refractivity contribution in [2.24, 2.45) is 0 Å². The number of carbonyl (C=O) groups excluding carboxylic acids is 1. The third kappa shape index (κ3) is 1.50. The Morgan fingerprint density at radius 3 is 2.62 bits per heavy atom. The maximum absolute atomic E-state index is 12.6. The van der Waals surface area contributed by atoms with Crippen LogP contribution >= 0.6 is 0 Å². The molecule has 0 fully saturated rings. The third-order valence-corrected chi connectivity index (χ3v) is 3.74. The Morgan fingerprint density at radius 1 is 1.00 bits per heavy atom. The molecule has 0 aliphatic heterocycles. The minimum atomic E-state index is -0.276. The molecule has 0 saturated heterocycles. The predicted octanol–water partition coefficient (Wildman–Crippen LogP) is 3.01. The van der Waals surface area contributed by atoms with Gasteiger partial charge in [-0.05, 0) is 30.3 Å². The van der Waals surface area contributed by atoms with Crippen molar-refractivity contribution >= 4 is 16.8 Å². The molecule has 0 bridgehead atoms. The fourth-order valence-electron chi connectivity index (χ4n) is 2.73. The van der Waals surface area contributed by atoms with Crippen LogP contribution in [-0.2, 0) is 0 Å². The molecule has 0 amide bonds. The van der Waals surface area contributed by atoms with Gasteiger partial charge in [-0.15, -0.1) is 0 Å². The molecular weight excluding hydrogens is 268 g/mol. The number of benzene rings is 2. The molecule has 1 aliphatic rings. The van der Waals surface area contributed by atoms with E-state index >= 15 is 0 Å². The molecule has 1 aromatic heterocycles. The summed E-state index contributed by atoms with van der Waals surface area (Å²) in [4.78, 5) is 25.1. The Bertz CT molecular complexity index is 966. The van der Waals surface area contributed by atoms with Crippen molar-refractivity contribution < 1.29 is 13.9 Å². The van der Waals surface area contributed by atoms with Crippen LogP contribution in [0.1, 0.15) is 16.1 Å². The van der Waals surface area contributed by atoms with Gasteiger partial charge in [-0.25, -0.2) is 0 Å². The van der Waals surface area contributed by atoms with Crippen molar-refractivity contribution in [2.45, 2.75) is 0 Å². The van der Waals surface area contributed by atoms with Crippen LogP contribution in [0, 0.1) is 0 Å². The fourth-order valence-corrected chi connectivity index (χ4v) is 2.73. The summed E-state index contributed by atoms with van der Waals surface area (Å²) in [5, 5.41) is 0.479. The lowest BCUT2D eigenvalue weighted by molar-refractivity contribution is 0.102. The van der Waals surface area contributed by atoms with Crippen LogP contribution < -0.4 is 10.2 Å². The maximum Gasteiger partial charge on any atom is 0.229 e. The van der Waals surface area contributed by atoms with E-state index in [2.05, 4.69) is 0 Å². The number of hydrogen-bond acceptors (Lipinski definition) is 4. The molecule has 0 saturated carbocycles. The summed E-state index contributed by atoms with van der Waals surface area (Å²) in [5.74, 6) is 0.413. The van der Waals surface area contributed by atoms with Gasteiger partial charge < -0.3 is 9.15 Å². The van der Waals surface area contributed by atoms with E-state index in [1.165, 1.54) is 7.11 Å². The van der Waals surface area contributed by atoms with Crippen LogP contribution in [0.3, 0.4) is 0 Å². The highest BCUT2D eigenvalue weighted by atomic mass is 16.5. The predicted molar refractivity (Wildman–Crippen MR) is 77.9 cm³/mol. The molecule has 0 spiro atoms. The Balaban J connectivity index is 2.13. The van der Waals surface area contributed by atoms with E-state index in [1.807, 2.05) is 0 Å². The number of carbonyl (C=O) groups is 1. The lowest BCUT2D eigenvalue weighted by atomic mass is 10.1. The summed E-state index contributed by atoms with van der Waals surface area (Å²) in [6.07, 6.45) is 0. The Morgan fingerprint density at radius 2 is 1.81 bits per heavy atom. The number of rotatable bonds is 1. The molecule has 21 heavy (non-hydrogen) atoms. The normalized spacial score (nSPS) is 12.3. The van der Waals surface area contributed by atoms with Crippen molar-refractivity contribution in [3.05, 3.63) is 64.0 Å². The first-order chi connectivity index (χ1) is 10.2. The zero-order valence-electron chi connectivity index (χ0n) is 11.2. The lowest BCUT2D eigenvalue weighted by Gasteiger charge is -2.02. The van der Waals surface area contributed by atoms with Crippen molar-refractivity contribution in [1.82, 2.24) is 0 Å². The molecule has 3 aromatic rings. The van der Waals surface area contributed by atoms with Crippen molar-refractivity contribution in [1.29, 1.82) is 0 Å². The Labute approximate surface area is 119 Å². The molecule has 1 heterocycles. The summed E-state index contributed by atoms with van der Waals surface area (Å²) in [7, 11) is 1.53. The summed E-state index contributed by atoms with van der Waals surface area (Å²) in [5.41, 5.74) is 1.64. The summed E-state index contributed by atoms with van der Waals surface area (Å²) < 4.78 is 10.8. The van der Waals surface area contributed by atoms with Gasteiger partial charge in [0.2, 0.25) is 11.2 Å². The number of hydrogen-bond donors (Lipinski definition) is 0. The van der Waals surface area contributed by atoms with E-state index in [9.17, 15) is 9.59 Å². The van der Waals surface area contributed by atoms with E-state index in [-0.39, 0.29) is 17.0 Å². The van der Waals surface area contributed by atoms with Crippen molar-refractivity contribution in [2.75, 3.05) is 7.11 Å². The average molecular weight is 278 g/mol. The number of methoxy groups -OCH3 is 1. The highest BCUT2D eigenvalue weighted by Gasteiger charge is 2.33. The van der Waals surface area contributed by atoms with Crippen LogP contribution in [0.4, 0.5) is 0 Å². The third-order valence-electron chi connectivity index (χ3n) is 3.74. The van der Waals surface area contributed by atoms with E-state index in [0.29, 0.717) is 33.4 Å². The molecule has 0 atom stereocenters. The van der Waals surface area contributed by atoms with Gasteiger partial charge in [0.15, 0.2) is 5.76 Å². The molecule has 4 nitrogen and oxygen atoms in total. The van der Waals surface area contributed by atoms with Gasteiger partial charge in [0.1, 0.15) is 11.3 Å². The second kappa shape index (κ2) is 4.06. The summed E-state index contributed by atoms with van der Waals surface area (Å²) in [6.45, 7) is 0. The topological polar surface area (TPSA) is 56.5 Å². The van der Waals surface area contributed by atoms with Gasteiger partial charge in [0.25, 0.3) is 0 Å². The summed E-state index contributed by atoms with van der Waals surface area (Å²) >= 11 is 0. The smallest absolute Gasteiger partial charge is 0.229 e. The number of ketones is 1. The minimum absolute atomic E-state index is 0.113. The quantitative estimate of drug-likeness (QED) is 0.537. The molecule has 4 heteroatoms. The molecule has 1 aliphatic carbocycles. The Hall–Kier alpha value is -2.88. The van der Waals surface area contributed by atoms with E-state index in [0.717, 1.165) is 0 Å². The largest absolute Gasteiger partial charge is 0.497 e. The van der Waals surface area contributed by atoms with Crippen LogP contribution in [0.5, 0.6) is 5.75 Å². The molecule has 0 unspecified atom stereocenters. The summed E-state index contributed by atoms with van der Waals surface area (Å²) in [6, 6.07) is 12.0. The van der Waals surface area contributed by atoms with Crippen LogP contribution in [0.2, 0.25) is 0 Å². The van der Waals surface area contributed by atoms with Crippen LogP contribution in [0.25, 0.3) is 22.1 Å². The zero-order chi connectivity index (χ0) is 14.6. The van der Waals surface area contributed by atoms with Gasteiger partial charge in [-0.3, -0.25) is 9.59 Å². The second-order valence-corrected chi connectivity index (χ2v) is 4.87. The SMILES string of the molecule is COc1ccc2c(c1)C(=O)c1oc3ccccc3c(=O)c1-2. The molecule has 102 valence electrons. The monoisotopic (exact) mass is 278 g/mol. The molecule has 2 aromatic carbocycles. The number of fused-ring (bicyclic) bond motifs is 4. The number of ether oxygens (including phenoxy) is 1. The highest BCUT2D eigenvalue weighted by Crippen LogP contribution is 2.37. The van der Waals surface area contributed by atoms with Gasteiger partial charge in [0, 0.05) is 11.1 Å². The second-order valence-electron chi connectivity index (χ2n) is 4.87. The first kappa shape index (κ1) is 11.9. The first-order valence-corrected chi connectivity index (χ1v) is 6.49. The van der Waals surface area contributed by atoms with E-state index in [1.54, 1.807) is 42.5 Å². The standard InChI is InChI=1S/C17H10O4/c1-20-9-6-7-10-12(8-9)16(19)17-14(10)15(18)11-4-2-3-5-13(11)21-17/h2-8H,1H3. The molecular formula is C17H10O4. The maximum atomic E-state index is 12.6. The lowest BCUT2D eigenvalue weighted by Crippen LogP contribution is -2.06. The highest BCUT2D eigenvalue weighted by molar-refractivity contribution is 6.20. The van der Waals surface area contributed by atoms with Crippen molar-refractivity contribution in [3.8, 4) is 16.9 Å². The average Bonchev–Trinajstić information content (AvgIpc) is 2.80. The zero-order valence-corrected chi connectivity index (χ0v) is 11.2. The first-order valence-electron chi connectivity index (χ1n) is 6.49. The van der Waals surface area contributed by atoms with E-state index in [4.69, 9.17) is 9.15 Å². The molecule has 4 rings (SSSR count). The number of para-hydroxylation sites is 1. The molecule has 0 radical (unpaired) electrons. The minimum Gasteiger partial charge on any atom is -0.497 e. The van der Waals surface area contributed by atoms with Gasteiger partial charge in [-0.1, -0.05) is 12.1 Å². The Kier molecular flexibility index (Phi) is 2.30. The van der Waals surface area contributed by atoms with Gasteiger partial charge in [0.05, 0.1) is 18.1 Å². The fraction of sp³-hybridized carbons (Fsp3) is 0.0588. The van der Waals surface area contributed by atoms with Gasteiger partial charge >= 0.3 is 0 Å². The molecule has 0 N–H and O–H groups in total. The van der Waals surface area contributed by atoms with Crippen LogP contribution in [-0.4, -0.2) is 12.9 Å². The van der Waals surface area contributed by atoms with E-state index < -0.39 is 0 Å². The van der Waals surface area contributed by atoms with Gasteiger partial charge in [-0.2, -0.15) is 0 Å². The van der Waals surface area contributed by atoms with Crippen LogP contribution in [0.15, 0.2) is 51.7 Å². The van der Waals surface area contributed by atoms with Crippen molar-refractivity contribution in [3.63, 3.8) is 0 Å².